The molecule has 3 aliphatic heterocycles. The minimum atomic E-state index is -0.524. The highest BCUT2D eigenvalue weighted by atomic mass is 127. The maximum atomic E-state index is 6.00. The summed E-state index contributed by atoms with van der Waals surface area (Å²) in [4.78, 5) is 2.39. The SMILES string of the molecule is C=CCN1C[C@H](I)[C@H]2O[C@@H]3OC(C)(C)O[C@@H]3[C@H]21. The molecule has 3 fully saturated rings. The molecule has 0 aromatic rings. The Morgan fingerprint density at radius 1 is 1.41 bits per heavy atom. The van der Waals surface area contributed by atoms with Crippen molar-refractivity contribution in [2.75, 3.05) is 13.1 Å². The van der Waals surface area contributed by atoms with Crippen molar-refractivity contribution >= 4 is 22.6 Å². The maximum absolute atomic E-state index is 6.00. The van der Waals surface area contributed by atoms with Gasteiger partial charge in [-0.25, -0.2) is 0 Å². The third-order valence-corrected chi connectivity index (χ3v) is 4.71. The third kappa shape index (κ3) is 1.96. The fraction of sp³-hybridized carbons (Fsp3) is 0.833. The second-order valence-corrected chi connectivity index (χ2v) is 6.92. The topological polar surface area (TPSA) is 30.9 Å². The van der Waals surface area contributed by atoms with Crippen molar-refractivity contribution in [3.05, 3.63) is 12.7 Å². The molecule has 5 heteroatoms. The lowest BCUT2D eigenvalue weighted by atomic mass is 10.1. The summed E-state index contributed by atoms with van der Waals surface area (Å²) >= 11 is 2.46. The van der Waals surface area contributed by atoms with Crippen LogP contribution in [-0.4, -0.2) is 52.2 Å². The molecule has 0 aliphatic carbocycles. The van der Waals surface area contributed by atoms with Gasteiger partial charge in [0.1, 0.15) is 6.10 Å². The largest absolute Gasteiger partial charge is 0.344 e. The monoisotopic (exact) mass is 351 g/mol. The zero-order chi connectivity index (χ0) is 12.2. The van der Waals surface area contributed by atoms with Gasteiger partial charge in [0.15, 0.2) is 12.1 Å². The maximum Gasteiger partial charge on any atom is 0.189 e. The van der Waals surface area contributed by atoms with Gasteiger partial charge in [0.25, 0.3) is 0 Å². The summed E-state index contributed by atoms with van der Waals surface area (Å²) < 4.78 is 18.3. The van der Waals surface area contributed by atoms with E-state index in [2.05, 4.69) is 34.1 Å². The van der Waals surface area contributed by atoms with Gasteiger partial charge < -0.3 is 14.2 Å². The minimum absolute atomic E-state index is 0.0368. The van der Waals surface area contributed by atoms with Crippen molar-refractivity contribution in [2.45, 2.75) is 48.1 Å². The molecule has 0 aromatic carbocycles. The molecule has 3 rings (SSSR count). The van der Waals surface area contributed by atoms with Crippen LogP contribution >= 0.6 is 22.6 Å². The lowest BCUT2D eigenvalue weighted by Crippen LogP contribution is -2.42. The van der Waals surface area contributed by atoms with Crippen molar-refractivity contribution in [1.29, 1.82) is 0 Å². The van der Waals surface area contributed by atoms with Crippen LogP contribution in [0.2, 0.25) is 0 Å². The molecule has 0 N–H and O–H groups in total. The van der Waals surface area contributed by atoms with Crippen LogP contribution in [0.3, 0.4) is 0 Å². The molecule has 0 spiro atoms. The van der Waals surface area contributed by atoms with E-state index in [1.807, 2.05) is 19.9 Å². The standard InChI is InChI=1S/C12H18INO3/c1-4-5-14-6-7(13)9-8(14)10-11(15-9)17-12(2,3)16-10/h4,7-11H,1,5-6H2,2-3H3/t7-,8-,9+,10+,11+/m0/s1. The Hall–Kier alpha value is 0.310. The first-order chi connectivity index (χ1) is 8.02. The van der Waals surface area contributed by atoms with Crippen LogP contribution in [-0.2, 0) is 14.2 Å². The minimum Gasteiger partial charge on any atom is -0.344 e. The lowest BCUT2D eigenvalue weighted by molar-refractivity contribution is -0.205. The van der Waals surface area contributed by atoms with E-state index in [0.717, 1.165) is 13.1 Å². The first kappa shape index (κ1) is 12.3. The Morgan fingerprint density at radius 2 is 2.18 bits per heavy atom. The van der Waals surface area contributed by atoms with E-state index in [-0.39, 0.29) is 18.5 Å². The average Bonchev–Trinajstić information content (AvgIpc) is 2.77. The molecule has 0 radical (unpaired) electrons. The van der Waals surface area contributed by atoms with Gasteiger partial charge in [-0.2, -0.15) is 0 Å². The lowest BCUT2D eigenvalue weighted by Gasteiger charge is -2.26. The van der Waals surface area contributed by atoms with Crippen molar-refractivity contribution in [3.8, 4) is 0 Å². The Bertz CT molecular complexity index is 336. The summed E-state index contributed by atoms with van der Waals surface area (Å²) in [7, 11) is 0. The number of likely N-dealkylation sites (tertiary alicyclic amines) is 1. The van der Waals surface area contributed by atoms with Crippen molar-refractivity contribution in [1.82, 2.24) is 4.90 Å². The Balaban J connectivity index is 1.82. The van der Waals surface area contributed by atoms with Crippen LogP contribution in [0.25, 0.3) is 0 Å². The predicted molar refractivity (Wildman–Crippen MR) is 72.1 cm³/mol. The molecule has 0 amide bonds. The predicted octanol–water partition coefficient (Wildman–Crippen LogP) is 1.54. The number of fused-ring (bicyclic) bond motifs is 3. The second kappa shape index (κ2) is 4.16. The number of hydrogen-bond donors (Lipinski definition) is 0. The molecule has 17 heavy (non-hydrogen) atoms. The van der Waals surface area contributed by atoms with Crippen LogP contribution in [0.4, 0.5) is 0 Å². The van der Waals surface area contributed by atoms with E-state index < -0.39 is 5.79 Å². The van der Waals surface area contributed by atoms with Gasteiger partial charge in [-0.1, -0.05) is 28.7 Å². The fourth-order valence-corrected chi connectivity index (χ4v) is 4.14. The van der Waals surface area contributed by atoms with E-state index in [4.69, 9.17) is 14.2 Å². The molecule has 5 atom stereocenters. The van der Waals surface area contributed by atoms with E-state index in [1.165, 1.54) is 0 Å². The quantitative estimate of drug-likeness (QED) is 0.429. The van der Waals surface area contributed by atoms with E-state index >= 15 is 0 Å². The van der Waals surface area contributed by atoms with Gasteiger partial charge >= 0.3 is 0 Å². The van der Waals surface area contributed by atoms with Crippen LogP contribution in [0.1, 0.15) is 13.8 Å². The Morgan fingerprint density at radius 3 is 2.88 bits per heavy atom. The summed E-state index contributed by atoms with van der Waals surface area (Å²) in [6.45, 7) is 9.63. The number of ether oxygens (including phenoxy) is 3. The third-order valence-electron chi connectivity index (χ3n) is 3.60. The summed E-state index contributed by atoms with van der Waals surface area (Å²) in [6, 6.07) is 0.307. The van der Waals surface area contributed by atoms with Crippen molar-refractivity contribution in [3.63, 3.8) is 0 Å². The van der Waals surface area contributed by atoms with Gasteiger partial charge in [0.2, 0.25) is 0 Å². The molecule has 4 nitrogen and oxygen atoms in total. The fourth-order valence-electron chi connectivity index (χ4n) is 3.04. The highest BCUT2D eigenvalue weighted by Crippen LogP contribution is 2.44. The van der Waals surface area contributed by atoms with Crippen molar-refractivity contribution < 1.29 is 14.2 Å². The molecule has 0 saturated carbocycles. The van der Waals surface area contributed by atoms with Gasteiger partial charge in [-0.3, -0.25) is 4.90 Å². The van der Waals surface area contributed by atoms with Gasteiger partial charge in [0.05, 0.1) is 16.1 Å². The Labute approximate surface area is 115 Å². The number of halogens is 1. The summed E-state index contributed by atoms with van der Waals surface area (Å²) in [6.07, 6.45) is 2.00. The normalized spacial score (nSPS) is 48.1. The number of hydrogen-bond acceptors (Lipinski definition) is 4. The van der Waals surface area contributed by atoms with E-state index in [9.17, 15) is 0 Å². The molecule has 0 aromatic heterocycles. The summed E-state index contributed by atoms with van der Waals surface area (Å²) in [5.41, 5.74) is 0. The highest BCUT2D eigenvalue weighted by molar-refractivity contribution is 14.1. The molecule has 96 valence electrons. The van der Waals surface area contributed by atoms with Gasteiger partial charge in [-0.05, 0) is 13.8 Å². The molecular weight excluding hydrogens is 333 g/mol. The van der Waals surface area contributed by atoms with Gasteiger partial charge in [-0.15, -0.1) is 6.58 Å². The van der Waals surface area contributed by atoms with Crippen LogP contribution < -0.4 is 0 Å². The van der Waals surface area contributed by atoms with E-state index in [1.54, 1.807) is 0 Å². The number of nitrogens with zero attached hydrogens (tertiary/aromatic N) is 1. The van der Waals surface area contributed by atoms with Crippen LogP contribution in [0.5, 0.6) is 0 Å². The summed E-state index contributed by atoms with van der Waals surface area (Å²) in [5.74, 6) is -0.524. The second-order valence-electron chi connectivity index (χ2n) is 5.32. The highest BCUT2D eigenvalue weighted by Gasteiger charge is 2.60. The number of rotatable bonds is 2. The molecule has 3 heterocycles. The first-order valence-corrected chi connectivity index (χ1v) is 7.26. The Kier molecular flexibility index (Phi) is 3.02. The molecular formula is C12H18INO3. The first-order valence-electron chi connectivity index (χ1n) is 6.02. The molecule has 0 bridgehead atoms. The molecule has 3 aliphatic rings. The summed E-state index contributed by atoms with van der Waals surface area (Å²) in [5, 5.41) is 0. The zero-order valence-electron chi connectivity index (χ0n) is 10.1. The van der Waals surface area contributed by atoms with Crippen LogP contribution in [0, 0.1) is 0 Å². The average molecular weight is 351 g/mol. The zero-order valence-corrected chi connectivity index (χ0v) is 12.3. The molecule has 0 unspecified atom stereocenters. The van der Waals surface area contributed by atoms with Crippen LogP contribution in [0.15, 0.2) is 12.7 Å². The number of alkyl halides is 1. The van der Waals surface area contributed by atoms with Crippen molar-refractivity contribution in [2.24, 2.45) is 0 Å². The van der Waals surface area contributed by atoms with E-state index in [0.29, 0.717) is 9.97 Å². The molecule has 3 saturated heterocycles. The van der Waals surface area contributed by atoms with Gasteiger partial charge in [0, 0.05) is 13.1 Å². The smallest absolute Gasteiger partial charge is 0.189 e.